The first-order valence-corrected chi connectivity index (χ1v) is 11.5. The average molecular weight is 437 g/mol. The number of hydrogen-bond donors (Lipinski definition) is 1. The number of hydrogen-bond acceptors (Lipinski definition) is 4. The normalized spacial score (nSPS) is 17.2. The number of piperazine rings is 1. The molecule has 32 heavy (non-hydrogen) atoms. The van der Waals surface area contributed by atoms with Crippen LogP contribution >= 0.6 is 0 Å². The number of likely N-dealkylation sites (N-methyl/N-ethyl adjacent to an activating group) is 1. The molecule has 0 aromatic heterocycles. The highest BCUT2D eigenvalue weighted by atomic mass is 16.5. The quantitative estimate of drug-likeness (QED) is 0.778. The van der Waals surface area contributed by atoms with E-state index in [1.54, 1.807) is 7.11 Å². The van der Waals surface area contributed by atoms with E-state index in [2.05, 4.69) is 67.2 Å². The van der Waals surface area contributed by atoms with Crippen molar-refractivity contribution < 1.29 is 9.53 Å². The molecule has 1 fully saturated rings. The molecule has 2 aromatic rings. The third-order valence-corrected chi connectivity index (χ3v) is 6.70. The van der Waals surface area contributed by atoms with Crippen LogP contribution in [0.3, 0.4) is 0 Å². The minimum atomic E-state index is -0.0497. The lowest BCUT2D eigenvalue weighted by Crippen LogP contribution is -2.46. The van der Waals surface area contributed by atoms with E-state index in [0.717, 1.165) is 44.0 Å². The standard InChI is InChI=1S/C26H36N4O2/c1-26(2,3)19-6-8-20(9-7-19)27-25(31)30-13-12-21-22(18-30)23(10-11-24(21)32-5)29-16-14-28(4)15-17-29/h6-11H,12-18H2,1-5H3,(H,27,31). The van der Waals surface area contributed by atoms with Crippen LogP contribution in [-0.2, 0) is 18.4 Å². The molecular weight excluding hydrogens is 400 g/mol. The maximum Gasteiger partial charge on any atom is 0.322 e. The monoisotopic (exact) mass is 436 g/mol. The summed E-state index contributed by atoms with van der Waals surface area (Å²) in [6.07, 6.45) is 0.802. The Morgan fingerprint density at radius 3 is 2.25 bits per heavy atom. The predicted molar refractivity (Wildman–Crippen MR) is 131 cm³/mol. The molecule has 0 saturated carbocycles. The van der Waals surface area contributed by atoms with Crippen molar-refractivity contribution >= 4 is 17.4 Å². The van der Waals surface area contributed by atoms with Crippen molar-refractivity contribution in [2.24, 2.45) is 0 Å². The molecule has 0 spiro atoms. The number of nitrogens with zero attached hydrogens (tertiary/aromatic N) is 3. The second-order valence-corrected chi connectivity index (χ2v) is 9.96. The van der Waals surface area contributed by atoms with Gasteiger partial charge in [-0.2, -0.15) is 0 Å². The SMILES string of the molecule is COc1ccc(N2CCN(C)CC2)c2c1CCN(C(=O)Nc1ccc(C(C)(C)C)cc1)C2. The lowest BCUT2D eigenvalue weighted by molar-refractivity contribution is 0.206. The number of amides is 2. The maximum absolute atomic E-state index is 13.1. The van der Waals surface area contributed by atoms with E-state index in [1.165, 1.54) is 22.4 Å². The van der Waals surface area contributed by atoms with E-state index in [-0.39, 0.29) is 11.4 Å². The Hall–Kier alpha value is -2.73. The fourth-order valence-corrected chi connectivity index (χ4v) is 4.59. The number of anilines is 2. The van der Waals surface area contributed by atoms with Gasteiger partial charge in [0, 0.05) is 61.8 Å². The minimum Gasteiger partial charge on any atom is -0.496 e. The van der Waals surface area contributed by atoms with Crippen molar-refractivity contribution in [3.05, 3.63) is 53.1 Å². The van der Waals surface area contributed by atoms with Gasteiger partial charge in [-0.1, -0.05) is 32.9 Å². The first-order chi connectivity index (χ1) is 15.3. The van der Waals surface area contributed by atoms with Gasteiger partial charge in [-0.05, 0) is 48.7 Å². The summed E-state index contributed by atoms with van der Waals surface area (Å²) in [5.74, 6) is 0.927. The van der Waals surface area contributed by atoms with E-state index in [4.69, 9.17) is 4.74 Å². The molecule has 0 unspecified atom stereocenters. The molecule has 0 bridgehead atoms. The Kier molecular flexibility index (Phi) is 6.33. The molecule has 0 radical (unpaired) electrons. The summed E-state index contributed by atoms with van der Waals surface area (Å²) in [6, 6.07) is 12.4. The Bertz CT molecular complexity index is 957. The van der Waals surface area contributed by atoms with Gasteiger partial charge >= 0.3 is 6.03 Å². The Balaban J connectivity index is 1.52. The summed E-state index contributed by atoms with van der Waals surface area (Å²) < 4.78 is 5.66. The number of methoxy groups -OCH3 is 1. The van der Waals surface area contributed by atoms with Gasteiger partial charge in [0.2, 0.25) is 0 Å². The Labute approximate surface area is 192 Å². The molecule has 2 aliphatic heterocycles. The molecular formula is C26H36N4O2. The van der Waals surface area contributed by atoms with Crippen molar-refractivity contribution in [1.82, 2.24) is 9.80 Å². The third kappa shape index (κ3) is 4.70. The zero-order valence-electron chi connectivity index (χ0n) is 20.1. The number of nitrogens with one attached hydrogen (secondary N) is 1. The van der Waals surface area contributed by atoms with Gasteiger partial charge in [-0.3, -0.25) is 0 Å². The van der Waals surface area contributed by atoms with Gasteiger partial charge < -0.3 is 24.8 Å². The zero-order chi connectivity index (χ0) is 22.9. The fraction of sp³-hybridized carbons (Fsp3) is 0.500. The van der Waals surface area contributed by atoms with Gasteiger partial charge in [-0.25, -0.2) is 4.79 Å². The number of urea groups is 1. The van der Waals surface area contributed by atoms with Crippen LogP contribution in [0, 0.1) is 0 Å². The minimum absolute atomic E-state index is 0.0497. The Morgan fingerprint density at radius 2 is 1.62 bits per heavy atom. The zero-order valence-corrected chi connectivity index (χ0v) is 20.1. The first-order valence-electron chi connectivity index (χ1n) is 11.5. The molecule has 2 aliphatic rings. The van der Waals surface area contributed by atoms with Crippen LogP contribution in [0.1, 0.15) is 37.5 Å². The number of rotatable bonds is 3. The number of benzene rings is 2. The summed E-state index contributed by atoms with van der Waals surface area (Å²) in [5, 5.41) is 3.09. The molecule has 2 aromatic carbocycles. The summed E-state index contributed by atoms with van der Waals surface area (Å²) in [6.45, 7) is 12.0. The second-order valence-electron chi connectivity index (χ2n) is 9.96. The molecule has 0 aliphatic carbocycles. The second kappa shape index (κ2) is 9.02. The van der Waals surface area contributed by atoms with E-state index >= 15 is 0 Å². The number of ether oxygens (including phenoxy) is 1. The van der Waals surface area contributed by atoms with Crippen LogP contribution in [0.25, 0.3) is 0 Å². The lowest BCUT2D eigenvalue weighted by Gasteiger charge is -2.38. The largest absolute Gasteiger partial charge is 0.496 e. The van der Waals surface area contributed by atoms with Crippen LogP contribution in [0.5, 0.6) is 5.75 Å². The highest BCUT2D eigenvalue weighted by Crippen LogP contribution is 2.36. The average Bonchev–Trinajstić information content (AvgIpc) is 2.78. The molecule has 6 nitrogen and oxygen atoms in total. The number of fused-ring (bicyclic) bond motifs is 1. The van der Waals surface area contributed by atoms with Gasteiger partial charge in [0.1, 0.15) is 5.75 Å². The van der Waals surface area contributed by atoms with E-state index in [1.807, 2.05) is 17.0 Å². The molecule has 2 heterocycles. The highest BCUT2D eigenvalue weighted by molar-refractivity contribution is 5.89. The van der Waals surface area contributed by atoms with Crippen LogP contribution in [0.4, 0.5) is 16.2 Å². The van der Waals surface area contributed by atoms with E-state index in [0.29, 0.717) is 13.1 Å². The molecule has 1 saturated heterocycles. The smallest absolute Gasteiger partial charge is 0.322 e. The van der Waals surface area contributed by atoms with Gasteiger partial charge in [0.15, 0.2) is 0 Å². The van der Waals surface area contributed by atoms with E-state index < -0.39 is 0 Å². The van der Waals surface area contributed by atoms with Crippen LogP contribution in [0.15, 0.2) is 36.4 Å². The summed E-state index contributed by atoms with van der Waals surface area (Å²) in [4.78, 5) is 19.8. The van der Waals surface area contributed by atoms with Crippen LogP contribution < -0.4 is 15.0 Å². The van der Waals surface area contributed by atoms with Gasteiger partial charge in [-0.15, -0.1) is 0 Å². The third-order valence-electron chi connectivity index (χ3n) is 6.70. The molecule has 172 valence electrons. The number of carbonyl (C=O) groups is 1. The Morgan fingerprint density at radius 1 is 0.938 bits per heavy atom. The molecule has 4 rings (SSSR count). The van der Waals surface area contributed by atoms with Crippen LogP contribution in [-0.4, -0.2) is 62.7 Å². The maximum atomic E-state index is 13.1. The summed E-state index contributed by atoms with van der Waals surface area (Å²) >= 11 is 0. The van der Waals surface area contributed by atoms with Gasteiger partial charge in [0.25, 0.3) is 0 Å². The predicted octanol–water partition coefficient (Wildman–Crippen LogP) is 4.33. The molecule has 1 N–H and O–H groups in total. The van der Waals surface area contributed by atoms with Crippen molar-refractivity contribution in [3.8, 4) is 5.75 Å². The fourth-order valence-electron chi connectivity index (χ4n) is 4.59. The van der Waals surface area contributed by atoms with E-state index in [9.17, 15) is 4.79 Å². The van der Waals surface area contributed by atoms with Crippen molar-refractivity contribution in [1.29, 1.82) is 0 Å². The summed E-state index contributed by atoms with van der Waals surface area (Å²) in [7, 11) is 3.90. The van der Waals surface area contributed by atoms with Crippen molar-refractivity contribution in [3.63, 3.8) is 0 Å². The topological polar surface area (TPSA) is 48.1 Å². The van der Waals surface area contributed by atoms with Crippen molar-refractivity contribution in [2.45, 2.75) is 39.2 Å². The van der Waals surface area contributed by atoms with Gasteiger partial charge in [0.05, 0.1) is 7.11 Å². The first kappa shape index (κ1) is 22.5. The van der Waals surface area contributed by atoms with Crippen molar-refractivity contribution in [2.75, 3.05) is 57.1 Å². The molecule has 0 atom stereocenters. The molecule has 6 heteroatoms. The number of carbonyl (C=O) groups excluding carboxylic acids is 1. The highest BCUT2D eigenvalue weighted by Gasteiger charge is 2.28. The molecule has 2 amide bonds. The lowest BCUT2D eigenvalue weighted by atomic mass is 9.87. The summed E-state index contributed by atoms with van der Waals surface area (Å²) in [5.41, 5.74) is 5.88. The van der Waals surface area contributed by atoms with Crippen LogP contribution in [0.2, 0.25) is 0 Å².